The molecule has 2 nitrogen and oxygen atoms in total. The average Bonchev–Trinajstić information content (AvgIpc) is 2.73. The first-order valence-electron chi connectivity index (χ1n) is 5.29. The minimum atomic E-state index is -0.513. The van der Waals surface area contributed by atoms with Gasteiger partial charge in [-0.15, -0.1) is 11.3 Å². The van der Waals surface area contributed by atoms with Gasteiger partial charge in [0.25, 0.3) is 0 Å². The van der Waals surface area contributed by atoms with Crippen LogP contribution in [0.25, 0.3) is 0 Å². The lowest BCUT2D eigenvalue weighted by atomic mass is 10.1. The smallest absolute Gasteiger partial charge is 0.125 e. The molecule has 0 saturated heterocycles. The highest BCUT2D eigenvalue weighted by Gasteiger charge is 2.08. The molecule has 0 bridgehead atoms. The van der Waals surface area contributed by atoms with E-state index in [1.165, 1.54) is 0 Å². The van der Waals surface area contributed by atoms with Gasteiger partial charge in [-0.05, 0) is 35.0 Å². The Balaban J connectivity index is 2.08. The largest absolute Gasteiger partial charge is 0.488 e. The zero-order valence-electron chi connectivity index (χ0n) is 9.39. The van der Waals surface area contributed by atoms with E-state index in [1.807, 2.05) is 35.7 Å². The number of rotatable bonds is 4. The topological polar surface area (TPSA) is 29.5 Å². The Morgan fingerprint density at radius 3 is 2.82 bits per heavy atom. The van der Waals surface area contributed by atoms with Crippen molar-refractivity contribution in [3.63, 3.8) is 0 Å². The lowest BCUT2D eigenvalue weighted by Crippen LogP contribution is -1.99. The van der Waals surface area contributed by atoms with Gasteiger partial charge in [0.1, 0.15) is 12.4 Å². The summed E-state index contributed by atoms with van der Waals surface area (Å²) in [5, 5.41) is 11.6. The molecule has 1 aromatic carbocycles. The van der Waals surface area contributed by atoms with Gasteiger partial charge in [0.2, 0.25) is 0 Å². The molecule has 1 unspecified atom stereocenters. The number of benzene rings is 1. The summed E-state index contributed by atoms with van der Waals surface area (Å²) in [4.78, 5) is 1.15. The molecule has 1 N–H and O–H groups in total. The van der Waals surface area contributed by atoms with Crippen molar-refractivity contribution in [3.05, 3.63) is 50.6 Å². The summed E-state index contributed by atoms with van der Waals surface area (Å²) in [6.45, 7) is 2.27. The molecule has 1 heterocycles. The third-order valence-corrected chi connectivity index (χ3v) is 4.03. The normalized spacial score (nSPS) is 12.4. The van der Waals surface area contributed by atoms with Crippen molar-refractivity contribution in [2.24, 2.45) is 0 Å². The van der Waals surface area contributed by atoms with E-state index in [0.717, 1.165) is 20.7 Å². The van der Waals surface area contributed by atoms with Gasteiger partial charge in [0, 0.05) is 20.3 Å². The van der Waals surface area contributed by atoms with Crippen molar-refractivity contribution < 1.29 is 9.84 Å². The lowest BCUT2D eigenvalue weighted by Gasteiger charge is -2.12. The first kappa shape index (κ1) is 12.6. The molecule has 1 aromatic heterocycles. The highest BCUT2D eigenvalue weighted by atomic mass is 79.9. The predicted molar refractivity (Wildman–Crippen MR) is 73.4 cm³/mol. The maximum absolute atomic E-state index is 9.62. The van der Waals surface area contributed by atoms with E-state index in [4.69, 9.17) is 4.74 Å². The Morgan fingerprint density at radius 1 is 1.41 bits per heavy atom. The van der Waals surface area contributed by atoms with Crippen LogP contribution < -0.4 is 4.74 Å². The highest BCUT2D eigenvalue weighted by Crippen LogP contribution is 2.27. The van der Waals surface area contributed by atoms with E-state index in [-0.39, 0.29) is 0 Å². The summed E-state index contributed by atoms with van der Waals surface area (Å²) in [5.41, 5.74) is 0.822. The molecule has 0 aliphatic heterocycles. The van der Waals surface area contributed by atoms with Crippen molar-refractivity contribution in [1.29, 1.82) is 0 Å². The molecule has 90 valence electrons. The molecule has 2 rings (SSSR count). The van der Waals surface area contributed by atoms with Crippen LogP contribution in [0.2, 0.25) is 0 Å². The second-order valence-corrected chi connectivity index (χ2v) is 5.65. The van der Waals surface area contributed by atoms with E-state index < -0.39 is 6.10 Å². The summed E-state index contributed by atoms with van der Waals surface area (Å²) < 4.78 is 6.80. The molecule has 0 aliphatic carbocycles. The van der Waals surface area contributed by atoms with Gasteiger partial charge in [-0.2, -0.15) is 0 Å². The Kier molecular flexibility index (Phi) is 4.20. The van der Waals surface area contributed by atoms with Crippen molar-refractivity contribution in [3.8, 4) is 5.75 Å². The zero-order valence-corrected chi connectivity index (χ0v) is 11.8. The Hall–Kier alpha value is -0.840. The fraction of sp³-hybridized carbons (Fsp3) is 0.231. The zero-order chi connectivity index (χ0) is 12.3. The Morgan fingerprint density at radius 2 is 2.18 bits per heavy atom. The fourth-order valence-corrected chi connectivity index (χ4v) is 2.90. The number of ether oxygens (including phenoxy) is 1. The molecule has 0 fully saturated rings. The van der Waals surface area contributed by atoms with Gasteiger partial charge in [-0.3, -0.25) is 0 Å². The predicted octanol–water partition coefficient (Wildman–Crippen LogP) is 4.14. The molecule has 2 aromatic rings. The Bertz CT molecular complexity index is 494. The molecule has 0 saturated carbocycles. The van der Waals surface area contributed by atoms with Gasteiger partial charge >= 0.3 is 0 Å². The molecule has 4 heteroatoms. The standard InChI is InChI=1S/C13H13BrO2S/c1-9(15)12-4-2-3-5-13(12)16-7-11-6-10(14)8-17-11/h2-6,8-9,15H,7H2,1H3. The van der Waals surface area contributed by atoms with E-state index in [1.54, 1.807) is 18.3 Å². The van der Waals surface area contributed by atoms with Gasteiger partial charge in [-0.25, -0.2) is 0 Å². The monoisotopic (exact) mass is 312 g/mol. The van der Waals surface area contributed by atoms with Crippen molar-refractivity contribution in [2.45, 2.75) is 19.6 Å². The van der Waals surface area contributed by atoms with Crippen LogP contribution in [0.15, 0.2) is 40.2 Å². The highest BCUT2D eigenvalue weighted by molar-refractivity contribution is 9.10. The maximum Gasteiger partial charge on any atom is 0.125 e. The third-order valence-electron chi connectivity index (χ3n) is 2.36. The maximum atomic E-state index is 9.62. The summed E-state index contributed by atoms with van der Waals surface area (Å²) in [5.74, 6) is 0.743. The van der Waals surface area contributed by atoms with Crippen LogP contribution in [0.5, 0.6) is 5.75 Å². The van der Waals surface area contributed by atoms with Crippen LogP contribution >= 0.6 is 27.3 Å². The minimum Gasteiger partial charge on any atom is -0.488 e. The lowest BCUT2D eigenvalue weighted by molar-refractivity contribution is 0.190. The Labute approximate surface area is 113 Å². The van der Waals surface area contributed by atoms with Crippen LogP contribution in [0.4, 0.5) is 0 Å². The summed E-state index contributed by atoms with van der Waals surface area (Å²) in [6.07, 6.45) is -0.513. The average molecular weight is 313 g/mol. The van der Waals surface area contributed by atoms with Gasteiger partial charge in [-0.1, -0.05) is 18.2 Å². The van der Waals surface area contributed by atoms with Crippen LogP contribution in [0, 0.1) is 0 Å². The molecule has 17 heavy (non-hydrogen) atoms. The first-order valence-corrected chi connectivity index (χ1v) is 6.97. The third kappa shape index (κ3) is 3.31. The summed E-state index contributed by atoms with van der Waals surface area (Å²) in [7, 11) is 0. The number of halogens is 1. The molecule has 0 amide bonds. The van der Waals surface area contributed by atoms with E-state index in [0.29, 0.717) is 6.61 Å². The molecule has 0 aliphatic rings. The van der Waals surface area contributed by atoms with E-state index in [9.17, 15) is 5.11 Å². The SMILES string of the molecule is CC(O)c1ccccc1OCc1cc(Br)cs1. The van der Waals surface area contributed by atoms with Crippen LogP contribution in [0.1, 0.15) is 23.5 Å². The summed E-state index contributed by atoms with van der Waals surface area (Å²) in [6, 6.07) is 9.60. The quantitative estimate of drug-likeness (QED) is 0.919. The molecule has 0 radical (unpaired) electrons. The van der Waals surface area contributed by atoms with E-state index >= 15 is 0 Å². The second kappa shape index (κ2) is 5.67. The number of para-hydroxylation sites is 1. The van der Waals surface area contributed by atoms with E-state index in [2.05, 4.69) is 15.9 Å². The van der Waals surface area contributed by atoms with Crippen LogP contribution in [0.3, 0.4) is 0 Å². The van der Waals surface area contributed by atoms with Crippen LogP contribution in [-0.4, -0.2) is 5.11 Å². The molecule has 0 spiro atoms. The summed E-state index contributed by atoms with van der Waals surface area (Å²) >= 11 is 5.06. The van der Waals surface area contributed by atoms with Crippen molar-refractivity contribution in [2.75, 3.05) is 0 Å². The van der Waals surface area contributed by atoms with Crippen LogP contribution in [-0.2, 0) is 6.61 Å². The van der Waals surface area contributed by atoms with Gasteiger partial charge in [0.05, 0.1) is 6.10 Å². The minimum absolute atomic E-state index is 0.513. The van der Waals surface area contributed by atoms with Gasteiger partial charge < -0.3 is 9.84 Å². The number of hydrogen-bond donors (Lipinski definition) is 1. The van der Waals surface area contributed by atoms with Crippen molar-refractivity contribution in [1.82, 2.24) is 0 Å². The molecular formula is C13H13BrO2S. The molecule has 1 atom stereocenters. The fourth-order valence-electron chi connectivity index (χ4n) is 1.54. The molecular weight excluding hydrogens is 300 g/mol. The first-order chi connectivity index (χ1) is 8.16. The number of hydrogen-bond acceptors (Lipinski definition) is 3. The number of aliphatic hydroxyl groups excluding tert-OH is 1. The number of aliphatic hydroxyl groups is 1. The van der Waals surface area contributed by atoms with Gasteiger partial charge in [0.15, 0.2) is 0 Å². The van der Waals surface area contributed by atoms with Crippen molar-refractivity contribution >= 4 is 27.3 Å². The number of thiophene rings is 1. The second-order valence-electron chi connectivity index (χ2n) is 3.73.